The van der Waals surface area contributed by atoms with Gasteiger partial charge in [0.05, 0.1) is 31.1 Å². The van der Waals surface area contributed by atoms with Crippen LogP contribution in [-0.4, -0.2) is 69.5 Å². The number of carbonyl (C=O) groups is 2. The lowest BCUT2D eigenvalue weighted by Crippen LogP contribution is -2.42. The summed E-state index contributed by atoms with van der Waals surface area (Å²) in [6.45, 7) is 2.53. The molecular weight excluding hydrogens is 284 g/mol. The number of likely N-dealkylation sites (N-methyl/N-ethyl adjacent to an activating group) is 1. The molecule has 1 aliphatic heterocycles. The van der Waals surface area contributed by atoms with Crippen molar-refractivity contribution < 1.29 is 22.7 Å². The van der Waals surface area contributed by atoms with Crippen LogP contribution < -0.4 is 5.32 Å². The summed E-state index contributed by atoms with van der Waals surface area (Å²) in [6.07, 6.45) is 0.704. The number of sulfone groups is 1. The lowest BCUT2D eigenvalue weighted by molar-refractivity contribution is -0.143. The fraction of sp³-hybridized carbons (Fsp3) is 0.833. The van der Waals surface area contributed by atoms with Crippen LogP contribution in [0.5, 0.6) is 0 Å². The van der Waals surface area contributed by atoms with Crippen LogP contribution in [0.4, 0.5) is 0 Å². The molecule has 1 amide bonds. The minimum Gasteiger partial charge on any atom is -0.466 e. The monoisotopic (exact) mass is 306 g/mol. The molecule has 1 fully saturated rings. The lowest BCUT2D eigenvalue weighted by atomic mass is 10.2. The summed E-state index contributed by atoms with van der Waals surface area (Å²) in [4.78, 5) is 24.4. The van der Waals surface area contributed by atoms with Gasteiger partial charge in [0.2, 0.25) is 5.91 Å². The maximum absolute atomic E-state index is 11.9. The molecule has 0 aromatic rings. The number of amides is 1. The Labute approximate surface area is 119 Å². The van der Waals surface area contributed by atoms with Gasteiger partial charge >= 0.3 is 5.97 Å². The Balaban J connectivity index is 2.24. The second-order valence-electron chi connectivity index (χ2n) is 4.79. The molecule has 1 aliphatic rings. The SMILES string of the molecule is CCOC(=O)CCNCC(=O)N(C)C1CCS(=O)(=O)C1. The highest BCUT2D eigenvalue weighted by Crippen LogP contribution is 2.16. The van der Waals surface area contributed by atoms with Gasteiger partial charge in [-0.15, -0.1) is 0 Å². The van der Waals surface area contributed by atoms with Crippen LogP contribution in [0.25, 0.3) is 0 Å². The Bertz CT molecular complexity index is 449. The number of rotatable bonds is 7. The molecule has 0 radical (unpaired) electrons. The Morgan fingerprint density at radius 1 is 1.40 bits per heavy atom. The number of nitrogens with one attached hydrogen (secondary N) is 1. The molecule has 1 heterocycles. The van der Waals surface area contributed by atoms with Crippen molar-refractivity contribution in [3.05, 3.63) is 0 Å². The van der Waals surface area contributed by atoms with E-state index in [4.69, 9.17) is 4.74 Å². The molecule has 1 saturated heterocycles. The van der Waals surface area contributed by atoms with Crippen molar-refractivity contribution in [3.63, 3.8) is 0 Å². The molecule has 0 bridgehead atoms. The van der Waals surface area contributed by atoms with Gasteiger partial charge in [-0.3, -0.25) is 9.59 Å². The van der Waals surface area contributed by atoms with E-state index in [9.17, 15) is 18.0 Å². The van der Waals surface area contributed by atoms with Crippen LogP contribution in [0.15, 0.2) is 0 Å². The summed E-state index contributed by atoms with van der Waals surface area (Å²) in [5.74, 6) is -0.289. The first-order valence-electron chi connectivity index (χ1n) is 6.68. The third-order valence-electron chi connectivity index (χ3n) is 3.24. The average molecular weight is 306 g/mol. The Morgan fingerprint density at radius 3 is 2.65 bits per heavy atom. The van der Waals surface area contributed by atoms with Gasteiger partial charge in [0.25, 0.3) is 0 Å². The normalized spacial score (nSPS) is 20.6. The van der Waals surface area contributed by atoms with E-state index in [1.165, 1.54) is 4.90 Å². The minimum absolute atomic E-state index is 0.0397. The number of esters is 1. The fourth-order valence-corrected chi connectivity index (χ4v) is 3.80. The van der Waals surface area contributed by atoms with Crippen LogP contribution in [0.1, 0.15) is 19.8 Å². The summed E-state index contributed by atoms with van der Waals surface area (Å²) in [5.41, 5.74) is 0. The molecule has 1 N–H and O–H groups in total. The smallest absolute Gasteiger partial charge is 0.307 e. The largest absolute Gasteiger partial charge is 0.466 e. The van der Waals surface area contributed by atoms with E-state index < -0.39 is 9.84 Å². The van der Waals surface area contributed by atoms with Gasteiger partial charge in [0.15, 0.2) is 9.84 Å². The van der Waals surface area contributed by atoms with Gasteiger partial charge in [-0.05, 0) is 13.3 Å². The van der Waals surface area contributed by atoms with E-state index in [1.807, 2.05) is 0 Å². The quantitative estimate of drug-likeness (QED) is 0.488. The van der Waals surface area contributed by atoms with Gasteiger partial charge in [-0.25, -0.2) is 8.42 Å². The van der Waals surface area contributed by atoms with E-state index in [1.54, 1.807) is 14.0 Å². The first kappa shape index (κ1) is 16.9. The highest BCUT2D eigenvalue weighted by atomic mass is 32.2. The molecule has 0 saturated carbocycles. The number of ether oxygens (including phenoxy) is 1. The zero-order valence-electron chi connectivity index (χ0n) is 11.9. The topological polar surface area (TPSA) is 92.8 Å². The van der Waals surface area contributed by atoms with Crippen molar-refractivity contribution in [2.75, 3.05) is 38.2 Å². The van der Waals surface area contributed by atoms with E-state index in [0.717, 1.165) is 0 Å². The maximum Gasteiger partial charge on any atom is 0.307 e. The first-order valence-corrected chi connectivity index (χ1v) is 8.50. The maximum atomic E-state index is 11.9. The van der Waals surface area contributed by atoms with Crippen LogP contribution in [0.2, 0.25) is 0 Å². The summed E-state index contributed by atoms with van der Waals surface area (Å²) < 4.78 is 27.5. The Hall–Kier alpha value is -1.15. The van der Waals surface area contributed by atoms with E-state index >= 15 is 0 Å². The summed E-state index contributed by atoms with van der Waals surface area (Å²) >= 11 is 0. The molecule has 7 nitrogen and oxygen atoms in total. The average Bonchev–Trinajstić information content (AvgIpc) is 2.74. The zero-order valence-corrected chi connectivity index (χ0v) is 12.7. The Kier molecular flexibility index (Phi) is 6.41. The van der Waals surface area contributed by atoms with Crippen molar-refractivity contribution in [1.82, 2.24) is 10.2 Å². The predicted molar refractivity (Wildman–Crippen MR) is 73.9 cm³/mol. The molecule has 0 aliphatic carbocycles. The van der Waals surface area contributed by atoms with Crippen LogP contribution in [0.3, 0.4) is 0 Å². The third kappa shape index (κ3) is 5.46. The number of nitrogens with zero attached hydrogens (tertiary/aromatic N) is 1. The summed E-state index contributed by atoms with van der Waals surface area (Å²) in [6, 6.07) is -0.237. The fourth-order valence-electron chi connectivity index (χ4n) is 2.03. The molecule has 1 unspecified atom stereocenters. The lowest BCUT2D eigenvalue weighted by Gasteiger charge is -2.23. The highest BCUT2D eigenvalue weighted by Gasteiger charge is 2.32. The van der Waals surface area contributed by atoms with Crippen molar-refractivity contribution in [2.45, 2.75) is 25.8 Å². The van der Waals surface area contributed by atoms with E-state index in [-0.39, 0.29) is 42.4 Å². The second-order valence-corrected chi connectivity index (χ2v) is 7.02. The third-order valence-corrected chi connectivity index (χ3v) is 4.99. The predicted octanol–water partition coefficient (Wildman–Crippen LogP) is -0.825. The van der Waals surface area contributed by atoms with Gasteiger partial charge in [-0.2, -0.15) is 0 Å². The van der Waals surface area contributed by atoms with Crippen LogP contribution in [-0.2, 0) is 24.2 Å². The van der Waals surface area contributed by atoms with Gasteiger partial charge in [0.1, 0.15) is 0 Å². The summed E-state index contributed by atoms with van der Waals surface area (Å²) in [7, 11) is -1.38. The number of hydrogen-bond donors (Lipinski definition) is 1. The van der Waals surface area contributed by atoms with Gasteiger partial charge in [0, 0.05) is 19.6 Å². The van der Waals surface area contributed by atoms with Crippen LogP contribution in [0, 0.1) is 0 Å². The first-order chi connectivity index (χ1) is 9.35. The molecule has 0 aromatic heterocycles. The molecule has 0 aromatic carbocycles. The van der Waals surface area contributed by atoms with Gasteiger partial charge < -0.3 is 15.0 Å². The van der Waals surface area contributed by atoms with E-state index in [0.29, 0.717) is 19.6 Å². The standard InChI is InChI=1S/C12H22N2O5S/c1-3-19-12(16)4-6-13-8-11(15)14(2)10-5-7-20(17,18)9-10/h10,13H,3-9H2,1-2H3. The molecule has 0 spiro atoms. The van der Waals surface area contributed by atoms with Crippen molar-refractivity contribution in [1.29, 1.82) is 0 Å². The number of carbonyl (C=O) groups excluding carboxylic acids is 2. The van der Waals surface area contributed by atoms with Crippen LogP contribution >= 0.6 is 0 Å². The number of hydrogen-bond acceptors (Lipinski definition) is 6. The van der Waals surface area contributed by atoms with Crippen molar-refractivity contribution in [2.24, 2.45) is 0 Å². The van der Waals surface area contributed by atoms with E-state index in [2.05, 4.69) is 5.32 Å². The van der Waals surface area contributed by atoms with Crippen molar-refractivity contribution in [3.8, 4) is 0 Å². The second kappa shape index (κ2) is 7.58. The summed E-state index contributed by atoms with van der Waals surface area (Å²) in [5, 5.41) is 2.86. The molecule has 8 heteroatoms. The van der Waals surface area contributed by atoms with Crippen molar-refractivity contribution >= 4 is 21.7 Å². The zero-order chi connectivity index (χ0) is 15.2. The molecule has 1 atom stereocenters. The van der Waals surface area contributed by atoms with Gasteiger partial charge in [-0.1, -0.05) is 0 Å². The molecule has 20 heavy (non-hydrogen) atoms. The highest BCUT2D eigenvalue weighted by molar-refractivity contribution is 7.91. The molecule has 116 valence electrons. The minimum atomic E-state index is -2.99. The molecule has 1 rings (SSSR count). The molecular formula is C12H22N2O5S. The Morgan fingerprint density at radius 2 is 2.10 bits per heavy atom.